The molecule has 3 fully saturated rings. The summed E-state index contributed by atoms with van der Waals surface area (Å²) in [5.41, 5.74) is 0.333. The van der Waals surface area contributed by atoms with E-state index in [1.165, 1.54) is 32.1 Å². The van der Waals surface area contributed by atoms with E-state index >= 15 is 0 Å². The van der Waals surface area contributed by atoms with Crippen LogP contribution in [-0.4, -0.2) is 32.1 Å². The van der Waals surface area contributed by atoms with Crippen LogP contribution >= 0.6 is 0 Å². The minimum Gasteiger partial charge on any atom is -0.380 e. The molecule has 0 radical (unpaired) electrons. The molecule has 3 aliphatic rings. The Morgan fingerprint density at radius 1 is 1.19 bits per heavy atom. The molecule has 3 rings (SSSR count). The van der Waals surface area contributed by atoms with Crippen molar-refractivity contribution in [3.05, 3.63) is 0 Å². The molecule has 0 unspecified atom stereocenters. The number of nitrogens with one attached hydrogen (secondary N) is 1. The number of hydrogen-bond donors (Lipinski definition) is 1. The SMILES string of the molecule is CCC1CCC2(CC1)NCC1(COC1)CO2. The molecule has 92 valence electrons. The Bertz CT molecular complexity index is 243. The summed E-state index contributed by atoms with van der Waals surface area (Å²) in [6.45, 7) is 6.06. The van der Waals surface area contributed by atoms with Gasteiger partial charge in [0.2, 0.25) is 0 Å². The van der Waals surface area contributed by atoms with Crippen LogP contribution < -0.4 is 5.32 Å². The standard InChI is InChI=1S/C13H23NO2/c1-2-11-3-5-13(6-4-11)14-7-12(10-16-13)8-15-9-12/h11,14H,2-10H2,1H3. The summed E-state index contributed by atoms with van der Waals surface area (Å²) in [4.78, 5) is 0. The van der Waals surface area contributed by atoms with E-state index in [0.29, 0.717) is 5.41 Å². The van der Waals surface area contributed by atoms with Crippen LogP contribution in [0.2, 0.25) is 0 Å². The Morgan fingerprint density at radius 3 is 2.38 bits per heavy atom. The van der Waals surface area contributed by atoms with Crippen molar-refractivity contribution in [3.63, 3.8) is 0 Å². The highest BCUT2D eigenvalue weighted by molar-refractivity contribution is 4.97. The van der Waals surface area contributed by atoms with E-state index in [4.69, 9.17) is 9.47 Å². The van der Waals surface area contributed by atoms with E-state index in [2.05, 4.69) is 12.2 Å². The van der Waals surface area contributed by atoms with Gasteiger partial charge in [-0.2, -0.15) is 0 Å². The van der Waals surface area contributed by atoms with Crippen molar-refractivity contribution in [1.29, 1.82) is 0 Å². The van der Waals surface area contributed by atoms with E-state index in [1.54, 1.807) is 0 Å². The van der Waals surface area contributed by atoms with Gasteiger partial charge in [-0.15, -0.1) is 0 Å². The third kappa shape index (κ3) is 1.79. The Morgan fingerprint density at radius 2 is 1.94 bits per heavy atom. The van der Waals surface area contributed by atoms with Crippen LogP contribution in [-0.2, 0) is 9.47 Å². The third-order valence-corrected chi connectivity index (χ3v) is 4.75. The predicted octanol–water partition coefficient (Wildman–Crippen LogP) is 1.92. The van der Waals surface area contributed by atoms with Gasteiger partial charge in [0.05, 0.1) is 25.2 Å². The minimum atomic E-state index is 0.0203. The summed E-state index contributed by atoms with van der Waals surface area (Å²) in [7, 11) is 0. The molecular formula is C13H23NO2. The topological polar surface area (TPSA) is 30.5 Å². The van der Waals surface area contributed by atoms with Gasteiger partial charge >= 0.3 is 0 Å². The maximum absolute atomic E-state index is 6.17. The van der Waals surface area contributed by atoms with Crippen LogP contribution in [0.25, 0.3) is 0 Å². The average molecular weight is 225 g/mol. The quantitative estimate of drug-likeness (QED) is 0.739. The molecule has 2 spiro atoms. The van der Waals surface area contributed by atoms with Crippen LogP contribution in [0.3, 0.4) is 0 Å². The van der Waals surface area contributed by atoms with Crippen LogP contribution in [0.4, 0.5) is 0 Å². The zero-order valence-electron chi connectivity index (χ0n) is 10.3. The molecule has 1 N–H and O–H groups in total. The molecule has 0 atom stereocenters. The molecule has 0 aromatic rings. The lowest BCUT2D eigenvalue weighted by atomic mass is 9.78. The molecule has 0 amide bonds. The van der Waals surface area contributed by atoms with Crippen molar-refractivity contribution >= 4 is 0 Å². The fourth-order valence-corrected chi connectivity index (χ4v) is 3.19. The molecule has 2 saturated heterocycles. The Labute approximate surface area is 97.9 Å². The zero-order valence-corrected chi connectivity index (χ0v) is 10.3. The van der Waals surface area contributed by atoms with Crippen LogP contribution in [0.5, 0.6) is 0 Å². The first-order valence-corrected chi connectivity index (χ1v) is 6.73. The maximum Gasteiger partial charge on any atom is 0.119 e. The number of rotatable bonds is 1. The summed E-state index contributed by atoms with van der Waals surface area (Å²) in [5.74, 6) is 0.930. The first-order valence-electron chi connectivity index (χ1n) is 6.73. The fourth-order valence-electron chi connectivity index (χ4n) is 3.19. The second-order valence-electron chi connectivity index (χ2n) is 5.98. The van der Waals surface area contributed by atoms with Crippen molar-refractivity contribution in [2.24, 2.45) is 11.3 Å². The minimum absolute atomic E-state index is 0.0203. The second kappa shape index (κ2) is 3.97. The molecule has 0 aromatic carbocycles. The van der Waals surface area contributed by atoms with E-state index in [0.717, 1.165) is 32.3 Å². The molecule has 2 heterocycles. The lowest BCUT2D eigenvalue weighted by Crippen LogP contribution is -2.65. The van der Waals surface area contributed by atoms with E-state index in [-0.39, 0.29) is 5.72 Å². The van der Waals surface area contributed by atoms with Gasteiger partial charge < -0.3 is 9.47 Å². The van der Waals surface area contributed by atoms with Crippen molar-refractivity contribution in [2.45, 2.75) is 44.8 Å². The number of hydrogen-bond acceptors (Lipinski definition) is 3. The Hall–Kier alpha value is -0.120. The zero-order chi connectivity index (χ0) is 11.1. The number of ether oxygens (including phenoxy) is 2. The molecule has 1 saturated carbocycles. The largest absolute Gasteiger partial charge is 0.380 e. The average Bonchev–Trinajstić information content (AvgIpc) is 2.29. The smallest absolute Gasteiger partial charge is 0.119 e. The van der Waals surface area contributed by atoms with Crippen molar-refractivity contribution < 1.29 is 9.47 Å². The van der Waals surface area contributed by atoms with Gasteiger partial charge in [0, 0.05) is 6.54 Å². The van der Waals surface area contributed by atoms with Crippen molar-refractivity contribution in [2.75, 3.05) is 26.4 Å². The van der Waals surface area contributed by atoms with Crippen molar-refractivity contribution in [1.82, 2.24) is 5.32 Å². The normalized spacial score (nSPS) is 42.2. The maximum atomic E-state index is 6.17. The molecule has 2 aliphatic heterocycles. The lowest BCUT2D eigenvalue weighted by Gasteiger charge is -2.52. The van der Waals surface area contributed by atoms with E-state index in [1.807, 2.05) is 0 Å². The lowest BCUT2D eigenvalue weighted by molar-refractivity contribution is -0.230. The summed E-state index contributed by atoms with van der Waals surface area (Å²) in [6.07, 6.45) is 6.37. The molecule has 1 aliphatic carbocycles. The third-order valence-electron chi connectivity index (χ3n) is 4.75. The van der Waals surface area contributed by atoms with Crippen molar-refractivity contribution in [3.8, 4) is 0 Å². The van der Waals surface area contributed by atoms with Gasteiger partial charge in [-0.05, 0) is 31.6 Å². The molecule has 0 bridgehead atoms. The summed E-state index contributed by atoms with van der Waals surface area (Å²) in [5, 5.41) is 3.67. The second-order valence-corrected chi connectivity index (χ2v) is 5.98. The molecule has 0 aromatic heterocycles. The predicted molar refractivity (Wildman–Crippen MR) is 62.2 cm³/mol. The first-order chi connectivity index (χ1) is 7.76. The molecule has 3 heteroatoms. The molecule has 3 nitrogen and oxygen atoms in total. The summed E-state index contributed by atoms with van der Waals surface area (Å²) in [6, 6.07) is 0. The Kier molecular flexibility index (Phi) is 2.73. The summed E-state index contributed by atoms with van der Waals surface area (Å²) < 4.78 is 11.5. The first kappa shape index (κ1) is 11.0. The highest BCUT2D eigenvalue weighted by Gasteiger charge is 2.48. The monoisotopic (exact) mass is 225 g/mol. The van der Waals surface area contributed by atoms with Crippen LogP contribution in [0.15, 0.2) is 0 Å². The van der Waals surface area contributed by atoms with Crippen LogP contribution in [0, 0.1) is 11.3 Å². The van der Waals surface area contributed by atoms with Gasteiger partial charge in [-0.1, -0.05) is 13.3 Å². The van der Waals surface area contributed by atoms with E-state index in [9.17, 15) is 0 Å². The van der Waals surface area contributed by atoms with Gasteiger partial charge in [0.15, 0.2) is 0 Å². The fraction of sp³-hybridized carbons (Fsp3) is 1.00. The van der Waals surface area contributed by atoms with Gasteiger partial charge in [0.25, 0.3) is 0 Å². The van der Waals surface area contributed by atoms with Gasteiger partial charge in [-0.3, -0.25) is 5.32 Å². The highest BCUT2D eigenvalue weighted by atomic mass is 16.5. The Balaban J connectivity index is 1.56. The molecular weight excluding hydrogens is 202 g/mol. The highest BCUT2D eigenvalue weighted by Crippen LogP contribution is 2.40. The van der Waals surface area contributed by atoms with Crippen LogP contribution in [0.1, 0.15) is 39.0 Å². The van der Waals surface area contributed by atoms with Gasteiger partial charge in [0.1, 0.15) is 5.72 Å². The summed E-state index contributed by atoms with van der Waals surface area (Å²) >= 11 is 0. The van der Waals surface area contributed by atoms with Gasteiger partial charge in [-0.25, -0.2) is 0 Å². The molecule has 16 heavy (non-hydrogen) atoms. The van der Waals surface area contributed by atoms with E-state index < -0.39 is 0 Å².